The summed E-state index contributed by atoms with van der Waals surface area (Å²) in [5.41, 5.74) is 2.47. The molecule has 0 radical (unpaired) electrons. The molecule has 3 rings (SSSR count). The summed E-state index contributed by atoms with van der Waals surface area (Å²) in [4.78, 5) is 16.2. The molecule has 1 saturated heterocycles. The minimum absolute atomic E-state index is 0.0747. The van der Waals surface area contributed by atoms with Crippen molar-refractivity contribution in [2.45, 2.75) is 25.5 Å². The van der Waals surface area contributed by atoms with Crippen molar-refractivity contribution in [3.63, 3.8) is 0 Å². The summed E-state index contributed by atoms with van der Waals surface area (Å²) < 4.78 is 5.52. The molecule has 1 atom stereocenters. The Kier molecular flexibility index (Phi) is 5.67. The Hall–Kier alpha value is -2.11. The molecule has 1 aliphatic heterocycles. The summed E-state index contributed by atoms with van der Waals surface area (Å²) in [7, 11) is 0. The highest BCUT2D eigenvalue weighted by molar-refractivity contribution is 6.33. The van der Waals surface area contributed by atoms with Gasteiger partial charge >= 0.3 is 0 Å². The van der Waals surface area contributed by atoms with Gasteiger partial charge in [0.2, 0.25) is 0 Å². The highest BCUT2D eigenvalue weighted by Gasteiger charge is 2.16. The Morgan fingerprint density at radius 1 is 1.38 bits per heavy atom. The van der Waals surface area contributed by atoms with Crippen molar-refractivity contribution in [3.8, 4) is 0 Å². The van der Waals surface area contributed by atoms with E-state index in [9.17, 15) is 4.79 Å². The predicted molar refractivity (Wildman–Crippen MR) is 94.3 cm³/mol. The van der Waals surface area contributed by atoms with Crippen molar-refractivity contribution in [3.05, 3.63) is 58.9 Å². The van der Waals surface area contributed by atoms with E-state index in [2.05, 4.69) is 15.6 Å². The Balaban J connectivity index is 1.57. The molecular formula is C18H20ClN3O2. The molecule has 1 amide bonds. The Labute approximate surface area is 146 Å². The molecule has 126 valence electrons. The second-order valence-electron chi connectivity index (χ2n) is 5.75. The third-order valence-electron chi connectivity index (χ3n) is 3.96. The summed E-state index contributed by atoms with van der Waals surface area (Å²) in [6.07, 6.45) is 5.51. The van der Waals surface area contributed by atoms with Crippen LogP contribution in [0.2, 0.25) is 5.02 Å². The molecule has 6 heteroatoms. The lowest BCUT2D eigenvalue weighted by atomic mass is 10.1. The zero-order chi connectivity index (χ0) is 16.8. The zero-order valence-electron chi connectivity index (χ0n) is 13.3. The van der Waals surface area contributed by atoms with E-state index in [1.165, 1.54) is 0 Å². The Bertz CT molecular complexity index is 702. The molecule has 0 bridgehead atoms. The molecule has 0 spiro atoms. The second kappa shape index (κ2) is 8.13. The molecule has 5 nitrogen and oxygen atoms in total. The fraction of sp³-hybridized carbons (Fsp3) is 0.333. The highest BCUT2D eigenvalue weighted by atomic mass is 35.5. The molecule has 0 aliphatic carbocycles. The first-order valence-corrected chi connectivity index (χ1v) is 8.42. The molecular weight excluding hydrogens is 326 g/mol. The minimum Gasteiger partial charge on any atom is -0.380 e. The standard InChI is InChI=1S/C18H20ClN3O2/c19-16-12-20-7-6-17(16)21-10-13-3-1-4-14(9-13)18(23)22-11-15-5-2-8-24-15/h1,3-4,6-7,9,12,15H,2,5,8,10-11H2,(H,20,21)(H,22,23)/t15-/m0/s1. The SMILES string of the molecule is O=C(NC[C@@H]1CCCO1)c1cccc(CNc2ccncc2Cl)c1. The molecule has 1 aromatic heterocycles. The number of anilines is 1. The van der Waals surface area contributed by atoms with Crippen LogP contribution in [0.5, 0.6) is 0 Å². The Morgan fingerprint density at radius 3 is 3.08 bits per heavy atom. The van der Waals surface area contributed by atoms with Gasteiger partial charge < -0.3 is 15.4 Å². The van der Waals surface area contributed by atoms with Crippen molar-refractivity contribution >= 4 is 23.2 Å². The van der Waals surface area contributed by atoms with Crippen LogP contribution in [0.3, 0.4) is 0 Å². The number of hydrogen-bond donors (Lipinski definition) is 2. The summed E-state index contributed by atoms with van der Waals surface area (Å²) in [5.74, 6) is -0.0747. The van der Waals surface area contributed by atoms with Crippen LogP contribution >= 0.6 is 11.6 Å². The minimum atomic E-state index is -0.0747. The van der Waals surface area contributed by atoms with E-state index in [-0.39, 0.29) is 12.0 Å². The lowest BCUT2D eigenvalue weighted by Crippen LogP contribution is -2.31. The number of carbonyl (C=O) groups excluding carboxylic acids is 1. The van der Waals surface area contributed by atoms with Gasteiger partial charge in [0.05, 0.1) is 16.8 Å². The second-order valence-corrected chi connectivity index (χ2v) is 6.16. The molecule has 0 unspecified atom stereocenters. The van der Waals surface area contributed by atoms with Crippen LogP contribution in [0, 0.1) is 0 Å². The fourth-order valence-corrected chi connectivity index (χ4v) is 2.84. The van der Waals surface area contributed by atoms with E-state index in [4.69, 9.17) is 16.3 Å². The monoisotopic (exact) mass is 345 g/mol. The van der Waals surface area contributed by atoms with Crippen molar-refractivity contribution < 1.29 is 9.53 Å². The van der Waals surface area contributed by atoms with Crippen molar-refractivity contribution in [2.75, 3.05) is 18.5 Å². The van der Waals surface area contributed by atoms with Crippen LogP contribution in [0.25, 0.3) is 0 Å². The van der Waals surface area contributed by atoms with Gasteiger partial charge in [-0.15, -0.1) is 0 Å². The van der Waals surface area contributed by atoms with Gasteiger partial charge in [0.15, 0.2) is 0 Å². The molecule has 2 aromatic rings. The molecule has 24 heavy (non-hydrogen) atoms. The maximum Gasteiger partial charge on any atom is 0.251 e. The van der Waals surface area contributed by atoms with Gasteiger partial charge in [0.25, 0.3) is 5.91 Å². The molecule has 1 aromatic carbocycles. The van der Waals surface area contributed by atoms with Gasteiger partial charge in [-0.25, -0.2) is 0 Å². The van der Waals surface area contributed by atoms with Crippen LogP contribution in [0.4, 0.5) is 5.69 Å². The summed E-state index contributed by atoms with van der Waals surface area (Å²) in [6.45, 7) is 1.93. The molecule has 2 N–H and O–H groups in total. The van der Waals surface area contributed by atoms with Gasteiger partial charge in [-0.05, 0) is 36.6 Å². The predicted octanol–water partition coefficient (Wildman–Crippen LogP) is 3.26. The number of nitrogens with one attached hydrogen (secondary N) is 2. The number of rotatable bonds is 6. The first-order valence-electron chi connectivity index (χ1n) is 8.04. The van der Waals surface area contributed by atoms with Crippen LogP contribution in [-0.2, 0) is 11.3 Å². The van der Waals surface area contributed by atoms with Crippen molar-refractivity contribution in [1.82, 2.24) is 10.3 Å². The maximum absolute atomic E-state index is 12.3. The third kappa shape index (κ3) is 4.46. The lowest BCUT2D eigenvalue weighted by molar-refractivity contribution is 0.0857. The normalized spacial score (nSPS) is 16.8. The molecule has 2 heterocycles. The number of aromatic nitrogens is 1. The third-order valence-corrected chi connectivity index (χ3v) is 4.26. The van der Waals surface area contributed by atoms with Crippen LogP contribution in [0.1, 0.15) is 28.8 Å². The molecule has 1 fully saturated rings. The first-order chi connectivity index (χ1) is 11.7. The number of halogens is 1. The number of hydrogen-bond acceptors (Lipinski definition) is 4. The highest BCUT2D eigenvalue weighted by Crippen LogP contribution is 2.20. The summed E-state index contributed by atoms with van der Waals surface area (Å²) in [6, 6.07) is 9.37. The number of ether oxygens (including phenoxy) is 1. The topological polar surface area (TPSA) is 63.2 Å². The van der Waals surface area contributed by atoms with Gasteiger partial charge in [-0.3, -0.25) is 9.78 Å². The average molecular weight is 346 g/mol. The lowest BCUT2D eigenvalue weighted by Gasteiger charge is -2.12. The van der Waals surface area contributed by atoms with Gasteiger partial charge in [-0.2, -0.15) is 0 Å². The zero-order valence-corrected chi connectivity index (χ0v) is 14.1. The van der Waals surface area contributed by atoms with E-state index in [1.54, 1.807) is 12.4 Å². The van der Waals surface area contributed by atoms with Crippen LogP contribution in [0.15, 0.2) is 42.7 Å². The smallest absolute Gasteiger partial charge is 0.251 e. The average Bonchev–Trinajstić information content (AvgIpc) is 3.13. The van der Waals surface area contributed by atoms with E-state index in [1.807, 2.05) is 30.3 Å². The number of amides is 1. The number of nitrogens with zero attached hydrogens (tertiary/aromatic N) is 1. The van der Waals surface area contributed by atoms with E-state index < -0.39 is 0 Å². The Morgan fingerprint density at radius 2 is 2.29 bits per heavy atom. The summed E-state index contributed by atoms with van der Waals surface area (Å²) >= 11 is 6.07. The van der Waals surface area contributed by atoms with Crippen LogP contribution in [-0.4, -0.2) is 30.1 Å². The van der Waals surface area contributed by atoms with E-state index >= 15 is 0 Å². The van der Waals surface area contributed by atoms with Crippen LogP contribution < -0.4 is 10.6 Å². The van der Waals surface area contributed by atoms with Crippen molar-refractivity contribution in [2.24, 2.45) is 0 Å². The molecule has 1 aliphatic rings. The molecule has 0 saturated carbocycles. The summed E-state index contributed by atoms with van der Waals surface area (Å²) in [5, 5.41) is 6.76. The number of benzene rings is 1. The van der Waals surface area contributed by atoms with Crippen molar-refractivity contribution in [1.29, 1.82) is 0 Å². The first kappa shape index (κ1) is 16.7. The number of pyridine rings is 1. The largest absolute Gasteiger partial charge is 0.380 e. The maximum atomic E-state index is 12.3. The van der Waals surface area contributed by atoms with Gasteiger partial charge in [-0.1, -0.05) is 23.7 Å². The number of carbonyl (C=O) groups is 1. The quantitative estimate of drug-likeness (QED) is 0.843. The van der Waals surface area contributed by atoms with Gasteiger partial charge in [0, 0.05) is 37.7 Å². The van der Waals surface area contributed by atoms with E-state index in [0.717, 1.165) is 30.7 Å². The van der Waals surface area contributed by atoms with E-state index in [0.29, 0.717) is 23.7 Å². The fourth-order valence-electron chi connectivity index (χ4n) is 2.65. The van der Waals surface area contributed by atoms with Gasteiger partial charge in [0.1, 0.15) is 0 Å².